The molecule has 2 unspecified atom stereocenters. The molecular formula is C16H22BrNO. The van der Waals surface area contributed by atoms with E-state index in [1.165, 1.54) is 18.4 Å². The third-order valence-corrected chi connectivity index (χ3v) is 4.12. The highest BCUT2D eigenvalue weighted by Gasteiger charge is 2.18. The summed E-state index contributed by atoms with van der Waals surface area (Å²) in [5.41, 5.74) is 2.59. The number of nitrogens with one attached hydrogen (secondary N) is 1. The van der Waals surface area contributed by atoms with Gasteiger partial charge in [0.1, 0.15) is 5.75 Å². The molecule has 1 aliphatic carbocycles. The van der Waals surface area contributed by atoms with E-state index in [0.29, 0.717) is 11.8 Å². The quantitative estimate of drug-likeness (QED) is 0.799. The number of benzene rings is 1. The lowest BCUT2D eigenvalue weighted by atomic mass is 9.84. The number of halogens is 1. The Morgan fingerprint density at radius 1 is 1.42 bits per heavy atom. The van der Waals surface area contributed by atoms with Gasteiger partial charge in [0.2, 0.25) is 0 Å². The molecule has 1 aromatic carbocycles. The van der Waals surface area contributed by atoms with Crippen molar-refractivity contribution in [3.8, 4) is 5.75 Å². The lowest BCUT2D eigenvalue weighted by molar-refractivity contribution is 0.410. The van der Waals surface area contributed by atoms with Crippen molar-refractivity contribution in [1.29, 1.82) is 0 Å². The Hall–Kier alpha value is -0.960. The van der Waals surface area contributed by atoms with E-state index in [-0.39, 0.29) is 0 Å². The van der Waals surface area contributed by atoms with Crippen molar-refractivity contribution in [2.75, 3.05) is 19.0 Å². The molecule has 0 saturated heterocycles. The average Bonchev–Trinajstić information content (AvgIpc) is 2.35. The van der Waals surface area contributed by atoms with Crippen LogP contribution in [0.5, 0.6) is 5.75 Å². The fourth-order valence-corrected chi connectivity index (χ4v) is 3.28. The number of allylic oxidation sites excluding steroid dienone is 2. The minimum atomic E-state index is 0.699. The monoisotopic (exact) mass is 323 g/mol. The summed E-state index contributed by atoms with van der Waals surface area (Å²) in [4.78, 5) is 0. The van der Waals surface area contributed by atoms with E-state index in [2.05, 4.69) is 47.2 Å². The third-order valence-electron chi connectivity index (χ3n) is 3.63. The average molecular weight is 324 g/mol. The largest absolute Gasteiger partial charge is 0.495 e. The first-order valence-electron chi connectivity index (χ1n) is 6.83. The Balaban J connectivity index is 1.99. The molecule has 2 atom stereocenters. The van der Waals surface area contributed by atoms with Crippen LogP contribution in [-0.4, -0.2) is 13.7 Å². The van der Waals surface area contributed by atoms with E-state index in [0.717, 1.165) is 22.5 Å². The van der Waals surface area contributed by atoms with Crippen molar-refractivity contribution < 1.29 is 4.74 Å². The number of hydrogen-bond donors (Lipinski definition) is 1. The highest BCUT2D eigenvalue weighted by molar-refractivity contribution is 9.10. The standard InChI is InChI=1S/C16H22BrNO/c1-11-6-12(2)8-13(7-11)10-18-15-9-14(17)4-5-16(15)19-3/h4-6,9,11,13,18H,7-8,10H2,1-3H3. The third kappa shape index (κ3) is 4.00. The molecule has 1 aliphatic rings. The molecule has 0 bridgehead atoms. The van der Waals surface area contributed by atoms with Gasteiger partial charge in [-0.15, -0.1) is 0 Å². The minimum Gasteiger partial charge on any atom is -0.495 e. The number of ether oxygens (including phenoxy) is 1. The van der Waals surface area contributed by atoms with Gasteiger partial charge in [-0.2, -0.15) is 0 Å². The highest BCUT2D eigenvalue weighted by atomic mass is 79.9. The van der Waals surface area contributed by atoms with Gasteiger partial charge in [0.15, 0.2) is 0 Å². The van der Waals surface area contributed by atoms with Gasteiger partial charge in [0.05, 0.1) is 12.8 Å². The van der Waals surface area contributed by atoms with Crippen molar-refractivity contribution in [2.45, 2.75) is 26.7 Å². The van der Waals surface area contributed by atoms with Crippen LogP contribution in [0.4, 0.5) is 5.69 Å². The van der Waals surface area contributed by atoms with E-state index in [9.17, 15) is 0 Å². The predicted molar refractivity (Wildman–Crippen MR) is 84.8 cm³/mol. The van der Waals surface area contributed by atoms with Gasteiger partial charge >= 0.3 is 0 Å². The van der Waals surface area contributed by atoms with Gasteiger partial charge in [0.25, 0.3) is 0 Å². The van der Waals surface area contributed by atoms with Crippen LogP contribution in [0.1, 0.15) is 26.7 Å². The smallest absolute Gasteiger partial charge is 0.142 e. The fourth-order valence-electron chi connectivity index (χ4n) is 2.91. The molecule has 0 fully saturated rings. The maximum Gasteiger partial charge on any atom is 0.142 e. The Morgan fingerprint density at radius 3 is 2.89 bits per heavy atom. The van der Waals surface area contributed by atoms with Crippen molar-refractivity contribution in [2.24, 2.45) is 11.8 Å². The SMILES string of the molecule is COc1ccc(Br)cc1NCC1CC(C)=CC(C)C1. The number of rotatable bonds is 4. The molecule has 0 radical (unpaired) electrons. The molecule has 1 aromatic rings. The van der Waals surface area contributed by atoms with Crippen LogP contribution in [0, 0.1) is 11.8 Å². The van der Waals surface area contributed by atoms with E-state index in [4.69, 9.17) is 4.74 Å². The van der Waals surface area contributed by atoms with Crippen molar-refractivity contribution in [1.82, 2.24) is 0 Å². The van der Waals surface area contributed by atoms with Crippen molar-refractivity contribution in [3.63, 3.8) is 0 Å². The Kier molecular flexibility index (Phi) is 4.92. The Labute approximate surface area is 124 Å². The predicted octanol–water partition coefficient (Wildman–Crippen LogP) is 4.86. The van der Waals surface area contributed by atoms with Gasteiger partial charge in [-0.1, -0.05) is 34.5 Å². The Morgan fingerprint density at radius 2 is 2.21 bits per heavy atom. The van der Waals surface area contributed by atoms with E-state index < -0.39 is 0 Å². The van der Waals surface area contributed by atoms with Crippen molar-refractivity contribution >= 4 is 21.6 Å². The zero-order valence-corrected chi connectivity index (χ0v) is 13.5. The molecule has 2 rings (SSSR count). The van der Waals surface area contributed by atoms with Crippen LogP contribution in [0.2, 0.25) is 0 Å². The van der Waals surface area contributed by atoms with Crippen LogP contribution in [0.15, 0.2) is 34.3 Å². The van der Waals surface area contributed by atoms with Crippen LogP contribution in [0.25, 0.3) is 0 Å². The summed E-state index contributed by atoms with van der Waals surface area (Å²) in [5, 5.41) is 3.53. The zero-order valence-electron chi connectivity index (χ0n) is 11.9. The molecule has 104 valence electrons. The van der Waals surface area contributed by atoms with E-state index >= 15 is 0 Å². The second-order valence-electron chi connectivity index (χ2n) is 5.52. The maximum atomic E-state index is 5.39. The van der Waals surface area contributed by atoms with Gasteiger partial charge in [-0.25, -0.2) is 0 Å². The van der Waals surface area contributed by atoms with Crippen LogP contribution < -0.4 is 10.1 Å². The molecule has 1 N–H and O–H groups in total. The first kappa shape index (κ1) is 14.4. The second-order valence-corrected chi connectivity index (χ2v) is 6.44. The first-order valence-corrected chi connectivity index (χ1v) is 7.62. The number of anilines is 1. The molecule has 0 heterocycles. The topological polar surface area (TPSA) is 21.3 Å². The summed E-state index contributed by atoms with van der Waals surface area (Å²) >= 11 is 3.51. The minimum absolute atomic E-state index is 0.699. The van der Waals surface area contributed by atoms with E-state index in [1.807, 2.05) is 12.1 Å². The molecule has 19 heavy (non-hydrogen) atoms. The summed E-state index contributed by atoms with van der Waals surface area (Å²) in [5.74, 6) is 2.31. The number of hydrogen-bond acceptors (Lipinski definition) is 2. The second kappa shape index (κ2) is 6.47. The first-order chi connectivity index (χ1) is 9.08. The molecular weight excluding hydrogens is 302 g/mol. The molecule has 0 aliphatic heterocycles. The summed E-state index contributed by atoms with van der Waals surface area (Å²) in [6.45, 7) is 5.54. The van der Waals surface area contributed by atoms with E-state index in [1.54, 1.807) is 7.11 Å². The normalized spacial score (nSPS) is 22.8. The molecule has 0 saturated carbocycles. The molecule has 2 nitrogen and oxygen atoms in total. The summed E-state index contributed by atoms with van der Waals surface area (Å²) in [6, 6.07) is 6.06. The lowest BCUT2D eigenvalue weighted by Gasteiger charge is -2.26. The zero-order chi connectivity index (χ0) is 13.8. The van der Waals surface area contributed by atoms with Crippen LogP contribution in [0.3, 0.4) is 0 Å². The molecule has 0 amide bonds. The maximum absolute atomic E-state index is 5.39. The summed E-state index contributed by atoms with van der Waals surface area (Å²) in [7, 11) is 1.71. The molecule has 0 aromatic heterocycles. The van der Waals surface area contributed by atoms with Gasteiger partial charge in [0, 0.05) is 11.0 Å². The van der Waals surface area contributed by atoms with Crippen LogP contribution >= 0.6 is 15.9 Å². The Bertz CT molecular complexity index is 470. The number of methoxy groups -OCH3 is 1. The lowest BCUT2D eigenvalue weighted by Crippen LogP contribution is -2.20. The van der Waals surface area contributed by atoms with Gasteiger partial charge in [-0.05, 0) is 49.8 Å². The van der Waals surface area contributed by atoms with Crippen LogP contribution in [-0.2, 0) is 0 Å². The van der Waals surface area contributed by atoms with Crippen molar-refractivity contribution in [3.05, 3.63) is 34.3 Å². The highest BCUT2D eigenvalue weighted by Crippen LogP contribution is 2.31. The van der Waals surface area contributed by atoms with Gasteiger partial charge in [-0.3, -0.25) is 0 Å². The fraction of sp³-hybridized carbons (Fsp3) is 0.500. The summed E-state index contributed by atoms with van der Waals surface area (Å²) in [6.07, 6.45) is 4.87. The van der Waals surface area contributed by atoms with Gasteiger partial charge < -0.3 is 10.1 Å². The molecule has 3 heteroatoms. The summed E-state index contributed by atoms with van der Waals surface area (Å²) < 4.78 is 6.46. The molecule has 0 spiro atoms.